The molecule has 0 unspecified atom stereocenters. The van der Waals surface area contributed by atoms with Gasteiger partial charge < -0.3 is 10.0 Å². The summed E-state index contributed by atoms with van der Waals surface area (Å²) >= 11 is 0. The summed E-state index contributed by atoms with van der Waals surface area (Å²) in [5, 5.41) is 17.4. The summed E-state index contributed by atoms with van der Waals surface area (Å²) in [6.45, 7) is 1.80. The van der Waals surface area contributed by atoms with Gasteiger partial charge in [-0.1, -0.05) is 0 Å². The summed E-state index contributed by atoms with van der Waals surface area (Å²) in [5.74, 6) is 0.213. The van der Waals surface area contributed by atoms with Crippen LogP contribution in [0.5, 0.6) is 0 Å². The van der Waals surface area contributed by atoms with Crippen molar-refractivity contribution in [3.8, 4) is 6.07 Å². The highest BCUT2D eigenvalue weighted by Gasteiger charge is 2.29. The molecule has 1 rings (SSSR count). The number of hydrogen-bond acceptors (Lipinski definition) is 3. The first-order valence-electron chi connectivity index (χ1n) is 3.47. The van der Waals surface area contributed by atoms with Crippen molar-refractivity contribution in [2.24, 2.45) is 11.8 Å². The maximum atomic E-state index is 8.81. The second-order valence-electron chi connectivity index (χ2n) is 2.90. The minimum absolute atomic E-state index is 0.0370. The van der Waals surface area contributed by atoms with Crippen LogP contribution >= 0.6 is 0 Å². The van der Waals surface area contributed by atoms with E-state index < -0.39 is 0 Å². The van der Waals surface area contributed by atoms with E-state index in [1.807, 2.05) is 7.05 Å². The molecule has 1 saturated heterocycles. The third-order valence-electron chi connectivity index (χ3n) is 2.02. The van der Waals surface area contributed by atoms with Gasteiger partial charge in [-0.3, -0.25) is 0 Å². The molecule has 3 nitrogen and oxygen atoms in total. The molecule has 1 heterocycles. The number of hydrogen-bond donors (Lipinski definition) is 1. The Labute approximate surface area is 60.9 Å². The van der Waals surface area contributed by atoms with Gasteiger partial charge in [0.2, 0.25) is 0 Å². The van der Waals surface area contributed by atoms with Crippen LogP contribution in [-0.2, 0) is 0 Å². The van der Waals surface area contributed by atoms with Crippen LogP contribution in [-0.4, -0.2) is 36.8 Å². The first-order chi connectivity index (χ1) is 4.77. The van der Waals surface area contributed by atoms with Gasteiger partial charge in [0.25, 0.3) is 0 Å². The maximum absolute atomic E-state index is 8.81. The van der Waals surface area contributed by atoms with Crippen LogP contribution < -0.4 is 0 Å². The Kier molecular flexibility index (Phi) is 2.25. The van der Waals surface area contributed by atoms with Crippen molar-refractivity contribution < 1.29 is 5.11 Å². The van der Waals surface area contributed by atoms with Crippen LogP contribution in [0.1, 0.15) is 0 Å². The monoisotopic (exact) mass is 140 g/mol. The molecule has 56 valence electrons. The maximum Gasteiger partial charge on any atom is 0.0673 e. The number of nitrogens with zero attached hydrogens (tertiary/aromatic N) is 2. The largest absolute Gasteiger partial charge is 0.396 e. The molecule has 2 atom stereocenters. The minimum atomic E-state index is 0.0370. The van der Waals surface area contributed by atoms with Crippen molar-refractivity contribution in [3.63, 3.8) is 0 Å². The first kappa shape index (κ1) is 7.52. The Morgan fingerprint density at radius 1 is 1.70 bits per heavy atom. The van der Waals surface area contributed by atoms with Gasteiger partial charge in [0.15, 0.2) is 0 Å². The van der Waals surface area contributed by atoms with E-state index in [4.69, 9.17) is 10.4 Å². The number of rotatable bonds is 1. The molecular formula is C7H12N2O. The van der Waals surface area contributed by atoms with E-state index in [1.54, 1.807) is 0 Å². The quantitative estimate of drug-likeness (QED) is 0.543. The standard InChI is InChI=1S/C7H12N2O/c1-9-3-6(2-8)7(4-9)5-10/h6-7,10H,3-5H2,1H3/t6-,7+/m1/s1. The third-order valence-corrected chi connectivity index (χ3v) is 2.02. The molecule has 0 aromatic rings. The number of likely N-dealkylation sites (tertiary alicyclic amines) is 1. The molecule has 1 N–H and O–H groups in total. The molecule has 3 heteroatoms. The summed E-state index contributed by atoms with van der Waals surface area (Å²) in [6.07, 6.45) is 0. The molecule has 1 fully saturated rings. The van der Waals surface area contributed by atoms with E-state index in [-0.39, 0.29) is 18.4 Å². The molecule has 1 aliphatic rings. The fraction of sp³-hybridized carbons (Fsp3) is 0.857. The van der Waals surface area contributed by atoms with Crippen LogP contribution in [0.4, 0.5) is 0 Å². The lowest BCUT2D eigenvalue weighted by Gasteiger charge is -2.06. The van der Waals surface area contributed by atoms with Crippen molar-refractivity contribution in [1.29, 1.82) is 5.26 Å². The first-order valence-corrected chi connectivity index (χ1v) is 3.47. The summed E-state index contributed by atoms with van der Waals surface area (Å²) in [7, 11) is 1.97. The van der Waals surface area contributed by atoms with Gasteiger partial charge in [-0.05, 0) is 7.05 Å². The van der Waals surface area contributed by atoms with Crippen molar-refractivity contribution in [1.82, 2.24) is 4.90 Å². The zero-order chi connectivity index (χ0) is 7.56. The summed E-state index contributed by atoms with van der Waals surface area (Å²) < 4.78 is 0. The molecular weight excluding hydrogens is 128 g/mol. The van der Waals surface area contributed by atoms with E-state index in [1.165, 1.54) is 0 Å². The normalized spacial score (nSPS) is 34.1. The van der Waals surface area contributed by atoms with Crippen molar-refractivity contribution >= 4 is 0 Å². The van der Waals surface area contributed by atoms with Crippen LogP contribution in [0.3, 0.4) is 0 Å². The van der Waals surface area contributed by atoms with E-state index >= 15 is 0 Å². The van der Waals surface area contributed by atoms with E-state index in [0.717, 1.165) is 13.1 Å². The van der Waals surface area contributed by atoms with Crippen LogP contribution in [0.15, 0.2) is 0 Å². The Morgan fingerprint density at radius 3 is 2.80 bits per heavy atom. The summed E-state index contributed by atoms with van der Waals surface area (Å²) in [6, 6.07) is 2.19. The van der Waals surface area contributed by atoms with Crippen LogP contribution in [0.2, 0.25) is 0 Å². The average molecular weight is 140 g/mol. The predicted molar refractivity (Wildman–Crippen MR) is 37.2 cm³/mol. The Hall–Kier alpha value is -0.590. The fourth-order valence-electron chi connectivity index (χ4n) is 1.42. The third kappa shape index (κ3) is 1.28. The zero-order valence-electron chi connectivity index (χ0n) is 6.12. The summed E-state index contributed by atoms with van der Waals surface area (Å²) in [5.41, 5.74) is 0. The van der Waals surface area contributed by atoms with Crippen LogP contribution in [0, 0.1) is 23.2 Å². The SMILES string of the molecule is CN1C[C@@H](CO)[C@H](C#N)C1. The Balaban J connectivity index is 2.51. The van der Waals surface area contributed by atoms with E-state index in [0.29, 0.717) is 0 Å². The highest BCUT2D eigenvalue weighted by atomic mass is 16.3. The van der Waals surface area contributed by atoms with E-state index in [2.05, 4.69) is 11.0 Å². The second kappa shape index (κ2) is 3.00. The topological polar surface area (TPSA) is 47.3 Å². The van der Waals surface area contributed by atoms with E-state index in [9.17, 15) is 0 Å². The zero-order valence-corrected chi connectivity index (χ0v) is 6.12. The van der Waals surface area contributed by atoms with Gasteiger partial charge in [0.05, 0.1) is 12.0 Å². The lowest BCUT2D eigenvalue weighted by atomic mass is 9.99. The molecule has 0 spiro atoms. The van der Waals surface area contributed by atoms with Crippen molar-refractivity contribution in [2.75, 3.05) is 26.7 Å². The lowest BCUT2D eigenvalue weighted by molar-refractivity contribution is 0.216. The van der Waals surface area contributed by atoms with Crippen molar-refractivity contribution in [2.45, 2.75) is 0 Å². The number of nitriles is 1. The lowest BCUT2D eigenvalue weighted by Crippen LogP contribution is -2.15. The van der Waals surface area contributed by atoms with Gasteiger partial charge in [-0.25, -0.2) is 0 Å². The molecule has 0 saturated carbocycles. The predicted octanol–water partition coefficient (Wildman–Crippen LogP) is -0.320. The van der Waals surface area contributed by atoms with Gasteiger partial charge in [-0.15, -0.1) is 0 Å². The number of aliphatic hydroxyl groups is 1. The van der Waals surface area contributed by atoms with Gasteiger partial charge in [0.1, 0.15) is 0 Å². The van der Waals surface area contributed by atoms with Gasteiger partial charge in [-0.2, -0.15) is 5.26 Å². The molecule has 1 aliphatic heterocycles. The second-order valence-corrected chi connectivity index (χ2v) is 2.90. The minimum Gasteiger partial charge on any atom is -0.396 e. The average Bonchev–Trinajstić information content (AvgIpc) is 2.30. The molecule has 0 aliphatic carbocycles. The Morgan fingerprint density at radius 2 is 2.40 bits per heavy atom. The molecule has 0 bridgehead atoms. The fourth-order valence-corrected chi connectivity index (χ4v) is 1.42. The smallest absolute Gasteiger partial charge is 0.0673 e. The molecule has 0 aromatic carbocycles. The highest BCUT2D eigenvalue weighted by molar-refractivity contribution is 4.95. The van der Waals surface area contributed by atoms with Crippen molar-refractivity contribution in [3.05, 3.63) is 0 Å². The summed E-state index contributed by atoms with van der Waals surface area (Å²) in [4.78, 5) is 2.08. The van der Waals surface area contributed by atoms with Gasteiger partial charge >= 0.3 is 0 Å². The molecule has 0 amide bonds. The highest BCUT2D eigenvalue weighted by Crippen LogP contribution is 2.20. The molecule has 0 aromatic heterocycles. The van der Waals surface area contributed by atoms with Crippen LogP contribution in [0.25, 0.3) is 0 Å². The number of aliphatic hydroxyl groups excluding tert-OH is 1. The molecule has 0 radical (unpaired) electrons. The molecule has 10 heavy (non-hydrogen) atoms. The Bertz CT molecular complexity index is 152. The van der Waals surface area contributed by atoms with Gasteiger partial charge in [0, 0.05) is 25.6 Å².